The van der Waals surface area contributed by atoms with E-state index in [1.165, 1.54) is 0 Å². The Hall–Kier alpha value is -3.57. The minimum atomic E-state index is -3.69. The van der Waals surface area contributed by atoms with E-state index < -0.39 is 27.3 Å². The van der Waals surface area contributed by atoms with Gasteiger partial charge in [-0.05, 0) is 55.7 Å². The summed E-state index contributed by atoms with van der Waals surface area (Å²) in [7, 11) is -3.69. The van der Waals surface area contributed by atoms with E-state index in [1.807, 2.05) is 6.07 Å². The summed E-state index contributed by atoms with van der Waals surface area (Å²) in [5.74, 6) is 1.08. The van der Waals surface area contributed by atoms with E-state index in [4.69, 9.17) is 14.7 Å². The summed E-state index contributed by atoms with van der Waals surface area (Å²) < 4.78 is 44.6. The number of rotatable bonds is 9. The molecule has 2 aliphatic rings. The molecule has 2 N–H and O–H groups in total. The molecule has 3 aromatic rings. The van der Waals surface area contributed by atoms with Gasteiger partial charge in [-0.15, -0.1) is 0 Å². The van der Waals surface area contributed by atoms with Crippen LogP contribution in [-0.4, -0.2) is 63.4 Å². The number of nitrogens with one attached hydrogen (secondary N) is 2. The number of alkyl halides is 1. The highest BCUT2D eigenvalue weighted by atomic mass is 32.2. The van der Waals surface area contributed by atoms with Crippen LogP contribution < -0.4 is 15.5 Å². The van der Waals surface area contributed by atoms with E-state index in [0.29, 0.717) is 61.2 Å². The highest BCUT2D eigenvalue weighted by Crippen LogP contribution is 2.55. The third-order valence-electron chi connectivity index (χ3n) is 7.23. The molecule has 5 rings (SSSR count). The standard InChI is InChI=1S/C28H32FN5O4S/c1-2-22-19-38-17-16-34(22)25-18-24(28(12-13-28)39(36,37)23-6-4-3-5-7-23)32-26(33-25)20-8-10-21(11-9-20)31-27(35)30-15-14-29/h3-11,18,22H,2,12-17,19H2,1H3,(H2,30,31,35)/t22-/m0/s1. The maximum atomic E-state index is 13.8. The van der Waals surface area contributed by atoms with Gasteiger partial charge in [0.25, 0.3) is 0 Å². The van der Waals surface area contributed by atoms with Crippen LogP contribution in [0.25, 0.3) is 11.4 Å². The predicted octanol–water partition coefficient (Wildman–Crippen LogP) is 4.31. The Kier molecular flexibility index (Phi) is 7.81. The highest BCUT2D eigenvalue weighted by Gasteiger charge is 2.58. The van der Waals surface area contributed by atoms with Gasteiger partial charge >= 0.3 is 6.03 Å². The molecular weight excluding hydrogens is 521 g/mol. The summed E-state index contributed by atoms with van der Waals surface area (Å²) in [6, 6.07) is 16.9. The average Bonchev–Trinajstić information content (AvgIpc) is 3.80. The number of carbonyl (C=O) groups is 1. The van der Waals surface area contributed by atoms with Crippen LogP contribution in [0.2, 0.25) is 0 Å². The van der Waals surface area contributed by atoms with E-state index in [0.717, 1.165) is 6.42 Å². The van der Waals surface area contributed by atoms with Gasteiger partial charge in [-0.25, -0.2) is 27.6 Å². The first-order valence-corrected chi connectivity index (χ1v) is 14.6. The van der Waals surface area contributed by atoms with Gasteiger partial charge < -0.3 is 20.3 Å². The van der Waals surface area contributed by atoms with Crippen LogP contribution in [0, 0.1) is 0 Å². The number of morpholine rings is 1. The van der Waals surface area contributed by atoms with E-state index in [2.05, 4.69) is 22.5 Å². The number of hydrogen-bond acceptors (Lipinski definition) is 7. The van der Waals surface area contributed by atoms with Crippen molar-refractivity contribution >= 4 is 27.4 Å². The molecule has 1 aliphatic carbocycles. The number of halogens is 1. The van der Waals surface area contributed by atoms with E-state index >= 15 is 0 Å². The van der Waals surface area contributed by atoms with Crippen LogP contribution in [0.4, 0.5) is 20.7 Å². The topological polar surface area (TPSA) is 114 Å². The summed E-state index contributed by atoms with van der Waals surface area (Å²) in [6.45, 7) is 3.15. The summed E-state index contributed by atoms with van der Waals surface area (Å²) in [5, 5.41) is 5.07. The SMILES string of the molecule is CC[C@H]1COCCN1c1cc(C2(S(=O)(=O)c3ccccc3)CC2)nc(-c2ccc(NC(=O)NCCF)cc2)n1. The average molecular weight is 554 g/mol. The lowest BCUT2D eigenvalue weighted by Crippen LogP contribution is -2.45. The number of benzene rings is 2. The molecule has 1 aliphatic heterocycles. The monoisotopic (exact) mass is 553 g/mol. The summed E-state index contributed by atoms with van der Waals surface area (Å²) in [6.07, 6.45) is 1.82. The Morgan fingerprint density at radius 3 is 2.54 bits per heavy atom. The van der Waals surface area contributed by atoms with Crippen LogP contribution in [0.15, 0.2) is 65.6 Å². The van der Waals surface area contributed by atoms with Crippen molar-refractivity contribution in [1.82, 2.24) is 15.3 Å². The zero-order valence-corrected chi connectivity index (χ0v) is 22.6. The van der Waals surface area contributed by atoms with Crippen LogP contribution in [0.1, 0.15) is 31.9 Å². The highest BCUT2D eigenvalue weighted by molar-refractivity contribution is 7.92. The van der Waals surface area contributed by atoms with Crippen molar-refractivity contribution in [3.63, 3.8) is 0 Å². The molecule has 11 heteroatoms. The Balaban J connectivity index is 1.54. The molecule has 9 nitrogen and oxygen atoms in total. The molecule has 2 amide bonds. The first kappa shape index (κ1) is 27.0. The number of hydrogen-bond donors (Lipinski definition) is 2. The smallest absolute Gasteiger partial charge is 0.319 e. The number of aromatic nitrogens is 2. The Morgan fingerprint density at radius 1 is 1.13 bits per heavy atom. The number of anilines is 2. The van der Waals surface area contributed by atoms with Crippen LogP contribution in [0.3, 0.4) is 0 Å². The molecule has 1 atom stereocenters. The summed E-state index contributed by atoms with van der Waals surface area (Å²) in [5.41, 5.74) is 1.69. The van der Waals surface area contributed by atoms with Gasteiger partial charge in [-0.3, -0.25) is 0 Å². The number of carbonyl (C=O) groups excluding carboxylic acids is 1. The molecule has 0 radical (unpaired) electrons. The second-order valence-corrected chi connectivity index (χ2v) is 12.0. The third kappa shape index (κ3) is 5.46. The van der Waals surface area contributed by atoms with Gasteiger partial charge in [0.15, 0.2) is 15.7 Å². The van der Waals surface area contributed by atoms with Gasteiger partial charge in [-0.2, -0.15) is 0 Å². The predicted molar refractivity (Wildman–Crippen MR) is 147 cm³/mol. The lowest BCUT2D eigenvalue weighted by molar-refractivity contribution is 0.0925. The van der Waals surface area contributed by atoms with Gasteiger partial charge in [-0.1, -0.05) is 25.1 Å². The summed E-state index contributed by atoms with van der Waals surface area (Å²) in [4.78, 5) is 24.0. The van der Waals surface area contributed by atoms with Crippen molar-refractivity contribution in [2.75, 3.05) is 43.2 Å². The van der Waals surface area contributed by atoms with Gasteiger partial charge in [0.1, 0.15) is 17.2 Å². The molecule has 2 aromatic carbocycles. The zero-order chi connectivity index (χ0) is 27.5. The first-order valence-electron chi connectivity index (χ1n) is 13.1. The lowest BCUT2D eigenvalue weighted by atomic mass is 10.1. The summed E-state index contributed by atoms with van der Waals surface area (Å²) >= 11 is 0. The molecule has 206 valence electrons. The molecule has 1 saturated carbocycles. The number of nitrogens with zero attached hydrogens (tertiary/aromatic N) is 3. The van der Waals surface area contributed by atoms with Crippen LogP contribution in [-0.2, 0) is 19.3 Å². The van der Waals surface area contributed by atoms with Crippen molar-refractivity contribution < 1.29 is 22.3 Å². The molecular formula is C28H32FN5O4S. The van der Waals surface area contributed by atoms with E-state index in [-0.39, 0.29) is 17.5 Å². The number of ether oxygens (including phenoxy) is 1. The van der Waals surface area contributed by atoms with Gasteiger partial charge in [0.05, 0.1) is 29.8 Å². The van der Waals surface area contributed by atoms with Crippen molar-refractivity contribution in [2.24, 2.45) is 0 Å². The minimum Gasteiger partial charge on any atom is -0.377 e. The normalized spacial score (nSPS) is 18.4. The number of amides is 2. The van der Waals surface area contributed by atoms with Gasteiger partial charge in [0.2, 0.25) is 0 Å². The van der Waals surface area contributed by atoms with Crippen molar-refractivity contribution in [3.8, 4) is 11.4 Å². The Labute approximate surface area is 227 Å². The van der Waals surface area contributed by atoms with Crippen molar-refractivity contribution in [2.45, 2.75) is 41.9 Å². The van der Waals surface area contributed by atoms with Crippen LogP contribution >= 0.6 is 0 Å². The molecule has 0 spiro atoms. The molecule has 39 heavy (non-hydrogen) atoms. The second kappa shape index (κ2) is 11.3. The fraction of sp³-hybridized carbons (Fsp3) is 0.393. The molecule has 2 fully saturated rings. The van der Waals surface area contributed by atoms with Gasteiger partial charge in [0, 0.05) is 30.4 Å². The van der Waals surface area contributed by atoms with E-state index in [9.17, 15) is 17.6 Å². The lowest BCUT2D eigenvalue weighted by Gasteiger charge is -2.36. The van der Waals surface area contributed by atoms with Crippen molar-refractivity contribution in [3.05, 3.63) is 66.4 Å². The zero-order valence-electron chi connectivity index (χ0n) is 21.8. The number of sulfone groups is 1. The van der Waals surface area contributed by atoms with Crippen molar-refractivity contribution in [1.29, 1.82) is 0 Å². The maximum Gasteiger partial charge on any atom is 0.319 e. The number of urea groups is 1. The fourth-order valence-electron chi connectivity index (χ4n) is 4.88. The minimum absolute atomic E-state index is 0.0682. The molecule has 1 saturated heterocycles. The molecule has 2 heterocycles. The van der Waals surface area contributed by atoms with Crippen LogP contribution in [0.5, 0.6) is 0 Å². The van der Waals surface area contributed by atoms with E-state index in [1.54, 1.807) is 54.6 Å². The molecule has 0 bridgehead atoms. The quantitative estimate of drug-likeness (QED) is 0.406. The maximum absolute atomic E-state index is 13.8. The molecule has 0 unspecified atom stereocenters. The second-order valence-electron chi connectivity index (χ2n) is 9.72. The Bertz CT molecular complexity index is 1420. The largest absolute Gasteiger partial charge is 0.377 e. The first-order chi connectivity index (χ1) is 18.9. The third-order valence-corrected chi connectivity index (χ3v) is 9.76. The molecule has 1 aromatic heterocycles. The Morgan fingerprint density at radius 2 is 1.87 bits per heavy atom. The fourth-order valence-corrected chi connectivity index (χ4v) is 6.86.